The topological polar surface area (TPSA) is 93.3 Å². The van der Waals surface area contributed by atoms with Crippen LogP contribution in [0.4, 0.5) is 0 Å². The molecule has 2 rings (SSSR count). The number of hydroxylamine groups is 2. The summed E-state index contributed by atoms with van der Waals surface area (Å²) in [7, 11) is 3.44. The minimum atomic E-state index is 0.204. The highest BCUT2D eigenvalue weighted by Gasteiger charge is 2.34. The molecule has 0 aliphatic carbocycles. The summed E-state index contributed by atoms with van der Waals surface area (Å²) in [6.45, 7) is 13.7. The van der Waals surface area contributed by atoms with Gasteiger partial charge in [-0.25, -0.2) is 15.0 Å². The second-order valence-corrected chi connectivity index (χ2v) is 9.79. The summed E-state index contributed by atoms with van der Waals surface area (Å²) < 4.78 is 5.19. The number of ether oxygens (including phenoxy) is 1. The first-order valence-corrected chi connectivity index (χ1v) is 12.6. The van der Waals surface area contributed by atoms with Crippen molar-refractivity contribution in [1.82, 2.24) is 10.4 Å². The second kappa shape index (κ2) is 12.9. The molecule has 0 atom stereocenters. The van der Waals surface area contributed by atoms with Crippen LogP contribution < -0.4 is 5.32 Å². The van der Waals surface area contributed by atoms with Crippen molar-refractivity contribution in [1.29, 1.82) is 5.41 Å². The first kappa shape index (κ1) is 27.8. The lowest BCUT2D eigenvalue weighted by Gasteiger charge is -2.21. The van der Waals surface area contributed by atoms with E-state index < -0.39 is 0 Å². The Hall–Kier alpha value is -2.42. The van der Waals surface area contributed by atoms with Gasteiger partial charge in [0.2, 0.25) is 0 Å². The van der Waals surface area contributed by atoms with Crippen molar-refractivity contribution in [3.8, 4) is 0 Å². The zero-order valence-corrected chi connectivity index (χ0v) is 22.5. The predicted molar refractivity (Wildman–Crippen MR) is 145 cm³/mol. The lowest BCUT2D eigenvalue weighted by atomic mass is 9.89. The Kier molecular flexibility index (Phi) is 10.5. The van der Waals surface area contributed by atoms with Gasteiger partial charge >= 0.3 is 0 Å². The molecule has 0 aromatic rings. The smallest absolute Gasteiger partial charge is 0.153 e. The van der Waals surface area contributed by atoms with Crippen LogP contribution in [0.1, 0.15) is 48.0 Å². The summed E-state index contributed by atoms with van der Waals surface area (Å²) in [5.41, 5.74) is 5.82. The maximum atomic E-state index is 10.9. The number of aliphatic imine (C=N–C) groups is 2. The molecule has 2 aliphatic rings. The van der Waals surface area contributed by atoms with E-state index in [0.29, 0.717) is 24.6 Å². The van der Waals surface area contributed by atoms with Gasteiger partial charge in [-0.2, -0.15) is 0 Å². The zero-order valence-electron chi connectivity index (χ0n) is 21.7. The highest BCUT2D eigenvalue weighted by Crippen LogP contribution is 2.45. The lowest BCUT2D eigenvalue weighted by Crippen LogP contribution is -2.22. The van der Waals surface area contributed by atoms with Gasteiger partial charge < -0.3 is 10.1 Å². The average molecular weight is 486 g/mol. The van der Waals surface area contributed by atoms with Crippen LogP contribution in [0, 0.1) is 17.2 Å². The van der Waals surface area contributed by atoms with E-state index in [0.717, 1.165) is 38.9 Å². The molecule has 34 heavy (non-hydrogen) atoms. The molecule has 2 heterocycles. The van der Waals surface area contributed by atoms with Crippen LogP contribution in [0.5, 0.6) is 0 Å². The maximum absolute atomic E-state index is 10.9. The fraction of sp³-hybridized carbons (Fsp3) is 0.500. The molecule has 186 valence electrons. The van der Waals surface area contributed by atoms with Crippen LogP contribution in [0.2, 0.25) is 0 Å². The van der Waals surface area contributed by atoms with Gasteiger partial charge in [-0.15, -0.1) is 0 Å². The van der Waals surface area contributed by atoms with Gasteiger partial charge in [0, 0.05) is 43.3 Å². The number of methoxy groups -OCH3 is 1. The molecule has 0 unspecified atom stereocenters. The Balaban J connectivity index is 2.66. The number of dihydropyridines is 1. The summed E-state index contributed by atoms with van der Waals surface area (Å²) in [5, 5.41) is 24.9. The van der Waals surface area contributed by atoms with Gasteiger partial charge in [0.1, 0.15) is 10.1 Å². The Morgan fingerprint density at radius 2 is 2.06 bits per heavy atom. The van der Waals surface area contributed by atoms with Gasteiger partial charge in [-0.05, 0) is 48.6 Å². The van der Waals surface area contributed by atoms with Crippen LogP contribution in [-0.4, -0.2) is 54.7 Å². The summed E-state index contributed by atoms with van der Waals surface area (Å²) in [4.78, 5) is 9.41. The van der Waals surface area contributed by atoms with E-state index in [2.05, 4.69) is 57.9 Å². The fourth-order valence-corrected chi connectivity index (χ4v) is 4.94. The molecule has 0 spiro atoms. The van der Waals surface area contributed by atoms with E-state index in [4.69, 9.17) is 15.1 Å². The van der Waals surface area contributed by atoms with Crippen molar-refractivity contribution in [3.63, 3.8) is 0 Å². The van der Waals surface area contributed by atoms with Crippen molar-refractivity contribution in [2.45, 2.75) is 48.0 Å². The highest BCUT2D eigenvalue weighted by molar-refractivity contribution is 8.18. The maximum Gasteiger partial charge on any atom is 0.153 e. The summed E-state index contributed by atoms with van der Waals surface area (Å²) >= 11 is 1.50. The molecule has 0 saturated heterocycles. The van der Waals surface area contributed by atoms with Crippen molar-refractivity contribution in [3.05, 3.63) is 56.9 Å². The average Bonchev–Trinajstić information content (AvgIpc) is 3.17. The van der Waals surface area contributed by atoms with Crippen molar-refractivity contribution in [2.24, 2.45) is 21.8 Å². The molecule has 0 radical (unpaired) electrons. The van der Waals surface area contributed by atoms with Gasteiger partial charge in [-0.1, -0.05) is 46.3 Å². The third-order valence-electron chi connectivity index (χ3n) is 5.62. The Morgan fingerprint density at radius 3 is 2.62 bits per heavy atom. The molecule has 2 aliphatic heterocycles. The van der Waals surface area contributed by atoms with Crippen molar-refractivity contribution >= 4 is 28.9 Å². The van der Waals surface area contributed by atoms with Gasteiger partial charge in [-0.3, -0.25) is 10.6 Å². The van der Waals surface area contributed by atoms with E-state index in [9.17, 15) is 5.21 Å². The Morgan fingerprint density at radius 1 is 1.35 bits per heavy atom. The minimum absolute atomic E-state index is 0.204. The third-order valence-corrected chi connectivity index (χ3v) is 6.73. The molecule has 0 aromatic carbocycles. The van der Waals surface area contributed by atoms with E-state index in [1.165, 1.54) is 22.4 Å². The minimum Gasteiger partial charge on any atom is -0.393 e. The molecule has 0 aromatic heterocycles. The lowest BCUT2D eigenvalue weighted by molar-refractivity contribution is -0.0596. The standard InChI is InChI=1S/C26H39N5O2S/c1-9-10-21(19-13-20(14-28-7)24(27)29-15-19)30-25-23(18(6)16(2)3)22(17(4)5)26(34-25)31(32)11-12-33-8/h10,13-17,27-28,32H,9,11-12H2,1-8H3/b20-14-,21-10+,23-18+,27-24?,30-25+. The van der Waals surface area contributed by atoms with Crippen LogP contribution in [-0.2, 0) is 4.74 Å². The highest BCUT2D eigenvalue weighted by atomic mass is 32.2. The van der Waals surface area contributed by atoms with Crippen molar-refractivity contribution in [2.75, 3.05) is 27.3 Å². The molecule has 0 fully saturated rings. The number of hydrogen-bond donors (Lipinski definition) is 3. The van der Waals surface area contributed by atoms with Crippen LogP contribution in [0.15, 0.2) is 66.9 Å². The van der Waals surface area contributed by atoms with Crippen LogP contribution in [0.25, 0.3) is 0 Å². The SMILES string of the molecule is CC/C=C(/N=C1/SC(N(O)CCOC)=C(C(C)C)/C1=C(/C)C(C)C)C1=C/C(=C/NC)C(=N)N=C1. The van der Waals surface area contributed by atoms with E-state index in [1.807, 2.05) is 6.08 Å². The number of amidine groups is 1. The molecule has 8 heteroatoms. The number of nitrogens with one attached hydrogen (secondary N) is 2. The number of allylic oxidation sites excluding steroid dienone is 4. The molecule has 0 amide bonds. The number of hydrogen-bond acceptors (Lipinski definition) is 7. The monoisotopic (exact) mass is 485 g/mol. The van der Waals surface area contributed by atoms with Crippen molar-refractivity contribution < 1.29 is 9.94 Å². The quantitative estimate of drug-likeness (QED) is 0.345. The first-order valence-electron chi connectivity index (χ1n) is 11.8. The van der Waals surface area contributed by atoms with Crippen LogP contribution >= 0.6 is 11.8 Å². The predicted octanol–water partition coefficient (Wildman–Crippen LogP) is 5.69. The third kappa shape index (κ3) is 6.58. The molecular weight excluding hydrogens is 446 g/mol. The Bertz CT molecular complexity index is 997. The summed E-state index contributed by atoms with van der Waals surface area (Å²) in [6, 6.07) is 0. The van der Waals surface area contributed by atoms with E-state index in [-0.39, 0.29) is 11.8 Å². The fourth-order valence-electron chi connectivity index (χ4n) is 3.59. The number of rotatable bonds is 10. The molecular formula is C26H39N5O2S. The van der Waals surface area contributed by atoms with Gasteiger partial charge in [0.15, 0.2) is 5.84 Å². The van der Waals surface area contributed by atoms with E-state index >= 15 is 0 Å². The summed E-state index contributed by atoms with van der Waals surface area (Å²) in [6.07, 6.45) is 8.29. The van der Waals surface area contributed by atoms with E-state index in [1.54, 1.807) is 26.6 Å². The number of nitrogens with zero attached hydrogens (tertiary/aromatic N) is 3. The summed E-state index contributed by atoms with van der Waals surface area (Å²) in [5.74, 6) is 0.753. The molecule has 0 bridgehead atoms. The van der Waals surface area contributed by atoms with Gasteiger partial charge in [0.25, 0.3) is 0 Å². The number of thioether (sulfide) groups is 1. The normalized spacial score (nSPS) is 20.9. The Labute approximate surface area is 208 Å². The second-order valence-electron chi connectivity index (χ2n) is 8.81. The molecule has 7 nitrogen and oxygen atoms in total. The zero-order chi connectivity index (χ0) is 25.4. The van der Waals surface area contributed by atoms with Crippen LogP contribution in [0.3, 0.4) is 0 Å². The van der Waals surface area contributed by atoms with Gasteiger partial charge in [0.05, 0.1) is 18.8 Å². The molecule has 0 saturated carbocycles. The first-order chi connectivity index (χ1) is 16.2. The largest absolute Gasteiger partial charge is 0.393 e. The molecule has 3 N–H and O–H groups in total.